The van der Waals surface area contributed by atoms with Crippen molar-refractivity contribution >= 4 is 0 Å². The highest BCUT2D eigenvalue weighted by Gasteiger charge is 2.27. The molecule has 0 N–H and O–H groups in total. The van der Waals surface area contributed by atoms with Gasteiger partial charge in [-0.25, -0.2) is 0 Å². The molecule has 41 heavy (non-hydrogen) atoms. The lowest BCUT2D eigenvalue weighted by Crippen LogP contribution is -2.19. The van der Waals surface area contributed by atoms with Gasteiger partial charge in [0, 0.05) is 0 Å². The van der Waals surface area contributed by atoms with E-state index in [9.17, 15) is 0 Å². The van der Waals surface area contributed by atoms with Crippen LogP contribution in [0.3, 0.4) is 0 Å². The zero-order valence-corrected chi connectivity index (χ0v) is 28.4. The summed E-state index contributed by atoms with van der Waals surface area (Å²) in [6.07, 6.45) is 37.0. The number of rotatable bonds is 11. The Labute approximate surface area is 254 Å². The van der Waals surface area contributed by atoms with Gasteiger partial charge in [-0.05, 0) is 107 Å². The third kappa shape index (κ3) is 11.7. The normalized spacial score (nSPS) is 22.9. The molecule has 0 bridgehead atoms. The average Bonchev–Trinajstić information content (AvgIpc) is 2.87. The van der Waals surface area contributed by atoms with Crippen LogP contribution >= 0.6 is 0 Å². The van der Waals surface area contributed by atoms with Crippen LogP contribution in [0.2, 0.25) is 0 Å². The third-order valence-electron chi connectivity index (χ3n) is 9.21. The molecule has 2 atom stereocenters. The van der Waals surface area contributed by atoms with Gasteiger partial charge >= 0.3 is 0 Å². The van der Waals surface area contributed by atoms with Gasteiger partial charge in [0.1, 0.15) is 0 Å². The Bertz CT molecular complexity index is 1190. The van der Waals surface area contributed by atoms with Gasteiger partial charge in [0.05, 0.1) is 0 Å². The van der Waals surface area contributed by atoms with Crippen molar-refractivity contribution in [2.75, 3.05) is 0 Å². The van der Waals surface area contributed by atoms with Crippen molar-refractivity contribution in [1.82, 2.24) is 0 Å². The highest BCUT2D eigenvalue weighted by Crippen LogP contribution is 2.41. The second-order valence-electron chi connectivity index (χ2n) is 14.1. The van der Waals surface area contributed by atoms with E-state index >= 15 is 0 Å². The molecule has 0 heterocycles. The molecule has 0 aromatic carbocycles. The van der Waals surface area contributed by atoms with E-state index in [1.54, 1.807) is 11.1 Å². The minimum absolute atomic E-state index is 0.293. The molecule has 0 aromatic rings. The van der Waals surface area contributed by atoms with E-state index < -0.39 is 0 Å². The van der Waals surface area contributed by atoms with Gasteiger partial charge in [-0.3, -0.25) is 0 Å². The van der Waals surface area contributed by atoms with Crippen LogP contribution in [0.5, 0.6) is 0 Å². The van der Waals surface area contributed by atoms with Crippen LogP contribution < -0.4 is 0 Å². The van der Waals surface area contributed by atoms with E-state index in [0.717, 1.165) is 0 Å². The maximum atomic E-state index is 2.38. The second-order valence-corrected chi connectivity index (χ2v) is 14.1. The lowest BCUT2D eigenvalue weighted by molar-refractivity contribution is 0.376. The van der Waals surface area contributed by atoms with Crippen molar-refractivity contribution in [3.05, 3.63) is 118 Å². The summed E-state index contributed by atoms with van der Waals surface area (Å²) in [6, 6.07) is 0. The largest absolute Gasteiger partial charge is 0.0811 e. The van der Waals surface area contributed by atoms with E-state index in [2.05, 4.69) is 155 Å². The Morgan fingerprint density at radius 1 is 0.585 bits per heavy atom. The molecule has 0 amide bonds. The molecule has 0 aliphatic heterocycles. The number of allylic oxidation sites excluding steroid dienone is 20. The first-order chi connectivity index (χ1) is 19.2. The number of hydrogen-bond donors (Lipinski definition) is 0. The van der Waals surface area contributed by atoms with Crippen molar-refractivity contribution in [2.45, 2.75) is 115 Å². The predicted molar refractivity (Wildman–Crippen MR) is 186 cm³/mol. The van der Waals surface area contributed by atoms with Crippen molar-refractivity contribution in [2.24, 2.45) is 22.7 Å². The standard InChI is InChI=1S/C41H60/c1-31(17-12-18-32(2)25-27-38-36(6)23-15-29-40(38,8)9)19-13-21-34(4)35(5)22-14-20-33(3)26-28-39-37(7)24-16-30-41(39,10)11/h12-14,17-22,25-28,34-35H,15-16,23-24,29-30H2,1-11H3/b17-12+,21-13+,22-14+,27-25+,28-26+,31-19+,32-18+,33-20+. The Kier molecular flexibility index (Phi) is 13.6. The molecule has 0 spiro atoms. The fraction of sp³-hybridized carbons (Fsp3) is 0.512. The van der Waals surface area contributed by atoms with Crippen molar-refractivity contribution in [1.29, 1.82) is 0 Å². The van der Waals surface area contributed by atoms with Crippen LogP contribution in [-0.4, -0.2) is 0 Å². The summed E-state index contributed by atoms with van der Waals surface area (Å²) in [5.74, 6) is 0.962. The van der Waals surface area contributed by atoms with E-state index in [-0.39, 0.29) is 0 Å². The molecule has 2 rings (SSSR count). The zero-order chi connectivity index (χ0) is 30.6. The predicted octanol–water partition coefficient (Wildman–Crippen LogP) is 12.9. The summed E-state index contributed by atoms with van der Waals surface area (Å²) in [6.45, 7) is 25.3. The molecule has 0 fully saturated rings. The molecule has 0 nitrogen and oxygen atoms in total. The van der Waals surface area contributed by atoms with Gasteiger partial charge in [-0.15, -0.1) is 0 Å². The Hall–Kier alpha value is -2.60. The summed E-state index contributed by atoms with van der Waals surface area (Å²) in [7, 11) is 0. The summed E-state index contributed by atoms with van der Waals surface area (Å²) >= 11 is 0. The maximum absolute atomic E-state index is 2.38. The van der Waals surface area contributed by atoms with E-state index in [1.165, 1.54) is 66.4 Å². The van der Waals surface area contributed by atoms with Crippen LogP contribution in [0.1, 0.15) is 115 Å². The summed E-state index contributed by atoms with van der Waals surface area (Å²) in [4.78, 5) is 0. The first-order valence-electron chi connectivity index (χ1n) is 16.0. The van der Waals surface area contributed by atoms with Crippen molar-refractivity contribution in [3.8, 4) is 0 Å². The van der Waals surface area contributed by atoms with Crippen molar-refractivity contribution < 1.29 is 0 Å². The molecular formula is C41H60. The molecule has 2 unspecified atom stereocenters. The highest BCUT2D eigenvalue weighted by molar-refractivity contribution is 5.38. The fourth-order valence-electron chi connectivity index (χ4n) is 6.08. The molecule has 0 heteroatoms. The van der Waals surface area contributed by atoms with Crippen LogP contribution in [0, 0.1) is 22.7 Å². The third-order valence-corrected chi connectivity index (χ3v) is 9.21. The smallest absolute Gasteiger partial charge is 0.0104 e. The summed E-state index contributed by atoms with van der Waals surface area (Å²) in [5, 5.41) is 0. The van der Waals surface area contributed by atoms with Gasteiger partial charge in [-0.1, -0.05) is 148 Å². The Morgan fingerprint density at radius 2 is 0.951 bits per heavy atom. The molecule has 2 aliphatic rings. The molecule has 0 saturated heterocycles. The Morgan fingerprint density at radius 3 is 1.34 bits per heavy atom. The van der Waals surface area contributed by atoms with E-state index in [1.807, 2.05) is 0 Å². The molecule has 0 radical (unpaired) electrons. The summed E-state index contributed by atoms with van der Waals surface area (Å²) in [5.41, 5.74) is 10.6. The second kappa shape index (κ2) is 16.1. The van der Waals surface area contributed by atoms with Gasteiger partial charge in [0.2, 0.25) is 0 Å². The number of hydrogen-bond acceptors (Lipinski definition) is 0. The lowest BCUT2D eigenvalue weighted by Gasteiger charge is -2.33. The lowest BCUT2D eigenvalue weighted by atomic mass is 9.72. The average molecular weight is 553 g/mol. The first kappa shape index (κ1) is 34.6. The van der Waals surface area contributed by atoms with Gasteiger partial charge < -0.3 is 0 Å². The minimum Gasteiger partial charge on any atom is -0.0811 e. The van der Waals surface area contributed by atoms with Crippen LogP contribution in [-0.2, 0) is 0 Å². The van der Waals surface area contributed by atoms with Gasteiger partial charge in [0.15, 0.2) is 0 Å². The van der Waals surface area contributed by atoms with Crippen LogP contribution in [0.15, 0.2) is 118 Å². The molecule has 0 aromatic heterocycles. The first-order valence-corrected chi connectivity index (χ1v) is 16.0. The van der Waals surface area contributed by atoms with Crippen molar-refractivity contribution in [3.63, 3.8) is 0 Å². The van der Waals surface area contributed by atoms with Crippen LogP contribution in [0.25, 0.3) is 0 Å². The maximum Gasteiger partial charge on any atom is -0.0104 e. The quantitative estimate of drug-likeness (QED) is 0.224. The molecule has 0 saturated carbocycles. The fourth-order valence-corrected chi connectivity index (χ4v) is 6.08. The highest BCUT2D eigenvalue weighted by atomic mass is 14.3. The van der Waals surface area contributed by atoms with Gasteiger partial charge in [0.25, 0.3) is 0 Å². The van der Waals surface area contributed by atoms with E-state index in [0.29, 0.717) is 22.7 Å². The SMILES string of the molecule is CC1=C(/C=C/C(C)=C/C=C/C(C)=C/C=C/C(C)C(C)/C=C/C=C(C)/C=C/C2=C(C)CCCC2(C)C)C(C)(C)CCC1. The van der Waals surface area contributed by atoms with E-state index in [4.69, 9.17) is 0 Å². The topological polar surface area (TPSA) is 0 Å². The monoisotopic (exact) mass is 552 g/mol. The molecular weight excluding hydrogens is 492 g/mol. The zero-order valence-electron chi connectivity index (χ0n) is 28.4. The Balaban J connectivity index is 1.88. The molecule has 224 valence electrons. The van der Waals surface area contributed by atoms with Gasteiger partial charge in [-0.2, -0.15) is 0 Å². The summed E-state index contributed by atoms with van der Waals surface area (Å²) < 4.78 is 0. The minimum atomic E-state index is 0.293. The van der Waals surface area contributed by atoms with Crippen LogP contribution in [0.4, 0.5) is 0 Å². The molecule has 2 aliphatic carbocycles.